The highest BCUT2D eigenvalue weighted by Gasteiger charge is 2.39. The number of anilines is 1. The molecule has 1 aliphatic rings. The smallest absolute Gasteiger partial charge is 0.410 e. The maximum absolute atomic E-state index is 12.0. The maximum atomic E-state index is 12.0. The summed E-state index contributed by atoms with van der Waals surface area (Å²) in [6.45, 7) is 5.89. The summed E-state index contributed by atoms with van der Waals surface area (Å²) in [5.41, 5.74) is -0.571. The van der Waals surface area contributed by atoms with Gasteiger partial charge in [-0.1, -0.05) is 0 Å². The Labute approximate surface area is 117 Å². The Morgan fingerprint density at radius 3 is 2.65 bits per heavy atom. The highest BCUT2D eigenvalue weighted by atomic mass is 16.6. The lowest BCUT2D eigenvalue weighted by Crippen LogP contribution is -2.57. The van der Waals surface area contributed by atoms with Crippen LogP contribution in [0.5, 0.6) is 0 Å². The van der Waals surface area contributed by atoms with Gasteiger partial charge >= 0.3 is 6.09 Å². The van der Waals surface area contributed by atoms with E-state index in [1.807, 2.05) is 0 Å². The van der Waals surface area contributed by atoms with Gasteiger partial charge in [-0.05, 0) is 27.2 Å². The van der Waals surface area contributed by atoms with Crippen molar-refractivity contribution in [3.8, 4) is 0 Å². The minimum absolute atomic E-state index is 0.275. The molecule has 1 fully saturated rings. The van der Waals surface area contributed by atoms with Gasteiger partial charge in [0, 0.05) is 18.9 Å². The van der Waals surface area contributed by atoms with Gasteiger partial charge in [0.2, 0.25) is 5.91 Å². The third kappa shape index (κ3) is 3.43. The molecule has 1 saturated heterocycles. The Balaban J connectivity index is 1.93. The van der Waals surface area contributed by atoms with Crippen molar-refractivity contribution in [1.82, 2.24) is 14.9 Å². The molecule has 0 aromatic carbocycles. The Morgan fingerprint density at radius 1 is 1.40 bits per heavy atom. The van der Waals surface area contributed by atoms with Crippen LogP contribution in [0.2, 0.25) is 0 Å². The highest BCUT2D eigenvalue weighted by Crippen LogP contribution is 2.22. The topological polar surface area (TPSA) is 84.4 Å². The lowest BCUT2D eigenvalue weighted by Gasteiger charge is -2.39. The van der Waals surface area contributed by atoms with Gasteiger partial charge in [-0.15, -0.1) is 0 Å². The van der Waals surface area contributed by atoms with Crippen molar-refractivity contribution in [2.75, 3.05) is 11.9 Å². The van der Waals surface area contributed by atoms with Crippen LogP contribution in [0.3, 0.4) is 0 Å². The molecule has 0 unspecified atom stereocenters. The third-order valence-corrected chi connectivity index (χ3v) is 2.76. The van der Waals surface area contributed by atoms with Gasteiger partial charge in [0.05, 0.1) is 6.20 Å². The SMILES string of the molecule is CC(C)(C)OC(=O)N1CC[C@@H]1C(=O)Nc1cnccn1. The molecule has 0 saturated carbocycles. The van der Waals surface area contributed by atoms with Crippen LogP contribution in [0.25, 0.3) is 0 Å². The van der Waals surface area contributed by atoms with E-state index in [0.29, 0.717) is 18.8 Å². The molecular formula is C13H18N4O3. The highest BCUT2D eigenvalue weighted by molar-refractivity contribution is 5.96. The molecule has 2 rings (SSSR count). The average Bonchev–Trinajstić information content (AvgIpc) is 2.25. The molecule has 7 nitrogen and oxygen atoms in total. The molecule has 2 heterocycles. The van der Waals surface area contributed by atoms with Gasteiger partial charge in [0.15, 0.2) is 5.82 Å². The van der Waals surface area contributed by atoms with E-state index in [9.17, 15) is 9.59 Å². The normalized spacial score (nSPS) is 18.1. The van der Waals surface area contributed by atoms with Gasteiger partial charge in [-0.2, -0.15) is 0 Å². The van der Waals surface area contributed by atoms with Crippen LogP contribution in [0, 0.1) is 0 Å². The van der Waals surface area contributed by atoms with Gasteiger partial charge < -0.3 is 10.1 Å². The summed E-state index contributed by atoms with van der Waals surface area (Å²) in [5, 5.41) is 2.63. The predicted molar refractivity (Wildman–Crippen MR) is 72.0 cm³/mol. The zero-order valence-electron chi connectivity index (χ0n) is 11.8. The molecule has 20 heavy (non-hydrogen) atoms. The van der Waals surface area contributed by atoms with Crippen LogP contribution in [-0.4, -0.2) is 45.1 Å². The van der Waals surface area contributed by atoms with E-state index >= 15 is 0 Å². The summed E-state index contributed by atoms with van der Waals surface area (Å²) in [4.78, 5) is 33.2. The fourth-order valence-electron chi connectivity index (χ4n) is 1.77. The number of nitrogens with zero attached hydrogens (tertiary/aromatic N) is 3. The number of hydrogen-bond donors (Lipinski definition) is 1. The number of hydrogen-bond acceptors (Lipinski definition) is 5. The quantitative estimate of drug-likeness (QED) is 0.884. The number of likely N-dealkylation sites (tertiary alicyclic amines) is 1. The number of rotatable bonds is 2. The first-order valence-corrected chi connectivity index (χ1v) is 6.43. The first kappa shape index (κ1) is 14.2. The van der Waals surface area contributed by atoms with Crippen molar-refractivity contribution >= 4 is 17.8 Å². The zero-order valence-corrected chi connectivity index (χ0v) is 11.8. The molecule has 1 aliphatic heterocycles. The molecule has 0 spiro atoms. The molecule has 1 N–H and O–H groups in total. The van der Waals surface area contributed by atoms with E-state index in [1.165, 1.54) is 23.5 Å². The van der Waals surface area contributed by atoms with Crippen LogP contribution in [0.15, 0.2) is 18.6 Å². The molecule has 0 radical (unpaired) electrons. The Kier molecular flexibility index (Phi) is 3.87. The number of carbonyl (C=O) groups is 2. The average molecular weight is 278 g/mol. The molecule has 0 bridgehead atoms. The van der Waals surface area contributed by atoms with Crippen molar-refractivity contribution in [2.45, 2.75) is 38.8 Å². The Morgan fingerprint density at radius 2 is 2.15 bits per heavy atom. The van der Waals surface area contributed by atoms with E-state index in [0.717, 1.165) is 0 Å². The third-order valence-electron chi connectivity index (χ3n) is 2.76. The van der Waals surface area contributed by atoms with Crippen LogP contribution in [0.4, 0.5) is 10.6 Å². The number of aromatic nitrogens is 2. The lowest BCUT2D eigenvalue weighted by atomic mass is 10.0. The summed E-state index contributed by atoms with van der Waals surface area (Å²) < 4.78 is 5.25. The van der Waals surface area contributed by atoms with Crippen LogP contribution in [-0.2, 0) is 9.53 Å². The van der Waals surface area contributed by atoms with Crippen LogP contribution in [0.1, 0.15) is 27.2 Å². The first-order valence-electron chi connectivity index (χ1n) is 6.43. The predicted octanol–water partition coefficient (Wildman–Crippen LogP) is 1.42. The fraction of sp³-hybridized carbons (Fsp3) is 0.538. The monoisotopic (exact) mass is 278 g/mol. The second kappa shape index (κ2) is 5.44. The van der Waals surface area contributed by atoms with Crippen LogP contribution >= 0.6 is 0 Å². The van der Waals surface area contributed by atoms with E-state index in [2.05, 4.69) is 15.3 Å². The summed E-state index contributed by atoms with van der Waals surface area (Å²) in [7, 11) is 0. The van der Waals surface area contributed by atoms with E-state index in [-0.39, 0.29) is 5.91 Å². The standard InChI is InChI=1S/C13H18N4O3/c1-13(2,3)20-12(19)17-7-4-9(17)11(18)16-10-8-14-5-6-15-10/h5-6,8-9H,4,7H2,1-3H3,(H,15,16,18)/t9-/m1/s1. The van der Waals surface area contributed by atoms with Crippen molar-refractivity contribution in [2.24, 2.45) is 0 Å². The molecule has 0 aliphatic carbocycles. The number of ether oxygens (including phenoxy) is 1. The Hall–Kier alpha value is -2.18. The Bertz CT molecular complexity index is 498. The molecule has 2 amide bonds. The molecular weight excluding hydrogens is 260 g/mol. The minimum atomic E-state index is -0.571. The largest absolute Gasteiger partial charge is 0.444 e. The molecule has 1 aromatic rings. The number of amides is 2. The summed E-state index contributed by atoms with van der Waals surface area (Å²) in [5.74, 6) is 0.0937. The van der Waals surface area contributed by atoms with E-state index in [1.54, 1.807) is 20.8 Å². The van der Waals surface area contributed by atoms with E-state index < -0.39 is 17.7 Å². The lowest BCUT2D eigenvalue weighted by molar-refractivity contribution is -0.125. The zero-order chi connectivity index (χ0) is 14.8. The van der Waals surface area contributed by atoms with Gasteiger partial charge in [-0.3, -0.25) is 14.7 Å². The van der Waals surface area contributed by atoms with Gasteiger partial charge in [0.25, 0.3) is 0 Å². The van der Waals surface area contributed by atoms with Crippen molar-refractivity contribution < 1.29 is 14.3 Å². The summed E-state index contributed by atoms with van der Waals surface area (Å²) in [6.07, 6.45) is 4.61. The molecule has 7 heteroatoms. The van der Waals surface area contributed by atoms with Gasteiger partial charge in [-0.25, -0.2) is 9.78 Å². The molecule has 108 valence electrons. The van der Waals surface area contributed by atoms with Crippen LogP contribution < -0.4 is 5.32 Å². The molecule has 1 atom stereocenters. The van der Waals surface area contributed by atoms with Gasteiger partial charge in [0.1, 0.15) is 11.6 Å². The second-order valence-corrected chi connectivity index (χ2v) is 5.56. The number of carbonyl (C=O) groups excluding carboxylic acids is 2. The fourth-order valence-corrected chi connectivity index (χ4v) is 1.77. The second-order valence-electron chi connectivity index (χ2n) is 5.56. The maximum Gasteiger partial charge on any atom is 0.410 e. The number of nitrogens with one attached hydrogen (secondary N) is 1. The summed E-state index contributed by atoms with van der Waals surface area (Å²) in [6, 6.07) is -0.508. The molecule has 1 aromatic heterocycles. The van der Waals surface area contributed by atoms with Crippen molar-refractivity contribution in [1.29, 1.82) is 0 Å². The first-order chi connectivity index (χ1) is 9.37. The van der Waals surface area contributed by atoms with E-state index in [4.69, 9.17) is 4.74 Å². The minimum Gasteiger partial charge on any atom is -0.444 e. The van der Waals surface area contributed by atoms with Crippen molar-refractivity contribution in [3.05, 3.63) is 18.6 Å². The van der Waals surface area contributed by atoms with Crippen molar-refractivity contribution in [3.63, 3.8) is 0 Å². The summed E-state index contributed by atoms with van der Waals surface area (Å²) >= 11 is 0.